The fourth-order valence-corrected chi connectivity index (χ4v) is 1.84. The number of para-hydroxylation sites is 1. The lowest BCUT2D eigenvalue weighted by Crippen LogP contribution is -2.05. The smallest absolute Gasteiger partial charge is 0.162 e. The van der Waals surface area contributed by atoms with E-state index in [1.807, 2.05) is 38.1 Å². The summed E-state index contributed by atoms with van der Waals surface area (Å²) in [5.41, 5.74) is 1.57. The minimum atomic E-state index is -0.106. The molecule has 4 heteroatoms. The van der Waals surface area contributed by atoms with Crippen LogP contribution in [0, 0.1) is 0 Å². The number of phenols is 2. The van der Waals surface area contributed by atoms with Crippen LogP contribution in [0.25, 0.3) is 0 Å². The Kier molecular flexibility index (Phi) is 4.35. The normalized spacial score (nSPS) is 10.6. The van der Waals surface area contributed by atoms with Crippen molar-refractivity contribution in [2.75, 3.05) is 5.32 Å². The number of aromatic hydroxyl groups is 2. The Bertz CT molecular complexity index is 564. The molecule has 2 aromatic carbocycles. The van der Waals surface area contributed by atoms with Crippen molar-refractivity contribution in [1.82, 2.24) is 0 Å². The van der Waals surface area contributed by atoms with E-state index >= 15 is 0 Å². The molecule has 0 atom stereocenters. The van der Waals surface area contributed by atoms with Gasteiger partial charge in [-0.25, -0.2) is 0 Å². The zero-order valence-electron chi connectivity index (χ0n) is 11.6. The fourth-order valence-electron chi connectivity index (χ4n) is 1.84. The highest BCUT2D eigenvalue weighted by atomic mass is 16.5. The minimum absolute atomic E-state index is 0.0836. The van der Waals surface area contributed by atoms with Crippen molar-refractivity contribution in [3.63, 3.8) is 0 Å². The molecule has 0 saturated heterocycles. The largest absolute Gasteiger partial charge is 0.504 e. The molecule has 4 nitrogen and oxygen atoms in total. The first-order valence-corrected chi connectivity index (χ1v) is 6.56. The number of phenolic OH excluding ortho intramolecular Hbond substituents is 2. The van der Waals surface area contributed by atoms with E-state index in [0.717, 1.165) is 11.4 Å². The predicted octanol–water partition coefficient (Wildman–Crippen LogP) is 3.50. The molecular weight excluding hydrogens is 254 g/mol. The van der Waals surface area contributed by atoms with Crippen LogP contribution in [0.1, 0.15) is 19.4 Å². The van der Waals surface area contributed by atoms with Gasteiger partial charge in [0.2, 0.25) is 0 Å². The Hall–Kier alpha value is -2.36. The number of hydrogen-bond donors (Lipinski definition) is 3. The lowest BCUT2D eigenvalue weighted by Gasteiger charge is -2.12. The van der Waals surface area contributed by atoms with Gasteiger partial charge in [-0.15, -0.1) is 0 Å². The molecule has 3 N–H and O–H groups in total. The number of rotatable bonds is 5. The summed E-state index contributed by atoms with van der Waals surface area (Å²) in [6.07, 6.45) is 0.151. The zero-order chi connectivity index (χ0) is 14.5. The maximum atomic E-state index is 9.71. The van der Waals surface area contributed by atoms with Crippen molar-refractivity contribution < 1.29 is 14.9 Å². The summed E-state index contributed by atoms with van der Waals surface area (Å²) in [6, 6.07) is 12.5. The number of anilines is 1. The maximum absolute atomic E-state index is 9.71. The van der Waals surface area contributed by atoms with Gasteiger partial charge < -0.3 is 20.3 Å². The zero-order valence-corrected chi connectivity index (χ0v) is 11.6. The van der Waals surface area contributed by atoms with Crippen LogP contribution in [-0.4, -0.2) is 16.3 Å². The summed E-state index contributed by atoms with van der Waals surface area (Å²) in [5, 5.41) is 22.3. The molecule has 0 bridgehead atoms. The third kappa shape index (κ3) is 3.57. The van der Waals surface area contributed by atoms with Crippen molar-refractivity contribution in [2.45, 2.75) is 26.5 Å². The highest BCUT2D eigenvalue weighted by Gasteiger charge is 2.05. The topological polar surface area (TPSA) is 61.7 Å². The second-order valence-electron chi connectivity index (χ2n) is 4.83. The van der Waals surface area contributed by atoms with Gasteiger partial charge >= 0.3 is 0 Å². The first kappa shape index (κ1) is 14.1. The first-order valence-electron chi connectivity index (χ1n) is 6.56. The molecule has 0 saturated carbocycles. The van der Waals surface area contributed by atoms with Gasteiger partial charge in [-0.1, -0.05) is 12.1 Å². The van der Waals surface area contributed by atoms with E-state index in [1.54, 1.807) is 12.1 Å². The van der Waals surface area contributed by atoms with Gasteiger partial charge in [0.05, 0.1) is 6.10 Å². The number of ether oxygens (including phenoxy) is 1. The van der Waals surface area contributed by atoms with Crippen LogP contribution >= 0.6 is 0 Å². The van der Waals surface area contributed by atoms with Crippen LogP contribution in [-0.2, 0) is 6.54 Å². The molecule has 20 heavy (non-hydrogen) atoms. The summed E-state index contributed by atoms with van der Waals surface area (Å²) >= 11 is 0. The van der Waals surface area contributed by atoms with Crippen molar-refractivity contribution in [3.8, 4) is 17.2 Å². The van der Waals surface area contributed by atoms with E-state index in [9.17, 15) is 10.2 Å². The van der Waals surface area contributed by atoms with Gasteiger partial charge in [0.25, 0.3) is 0 Å². The molecule has 0 heterocycles. The third-order valence-electron chi connectivity index (χ3n) is 2.81. The second kappa shape index (κ2) is 6.19. The van der Waals surface area contributed by atoms with Gasteiger partial charge in [0.1, 0.15) is 5.75 Å². The lowest BCUT2D eigenvalue weighted by molar-refractivity contribution is 0.242. The van der Waals surface area contributed by atoms with Gasteiger partial charge in [-0.3, -0.25) is 0 Å². The van der Waals surface area contributed by atoms with E-state index in [0.29, 0.717) is 12.1 Å². The SMILES string of the molecule is CC(C)Oc1ccc(NCc2cccc(O)c2O)cc1. The van der Waals surface area contributed by atoms with Crippen LogP contribution in [0.2, 0.25) is 0 Å². The Morgan fingerprint density at radius 1 is 1.05 bits per heavy atom. The van der Waals surface area contributed by atoms with E-state index in [-0.39, 0.29) is 17.6 Å². The molecule has 0 spiro atoms. The average Bonchev–Trinajstić information content (AvgIpc) is 2.41. The van der Waals surface area contributed by atoms with Gasteiger partial charge in [0, 0.05) is 17.8 Å². The van der Waals surface area contributed by atoms with Crippen LogP contribution in [0.5, 0.6) is 17.2 Å². The molecule has 2 rings (SSSR count). The lowest BCUT2D eigenvalue weighted by atomic mass is 10.2. The van der Waals surface area contributed by atoms with Crippen molar-refractivity contribution >= 4 is 5.69 Å². The van der Waals surface area contributed by atoms with E-state index in [2.05, 4.69) is 5.32 Å². The average molecular weight is 273 g/mol. The highest BCUT2D eigenvalue weighted by Crippen LogP contribution is 2.28. The molecule has 106 valence electrons. The monoisotopic (exact) mass is 273 g/mol. The first-order chi connectivity index (χ1) is 9.56. The summed E-state index contributed by atoms with van der Waals surface area (Å²) in [6.45, 7) is 4.40. The fraction of sp³-hybridized carbons (Fsp3) is 0.250. The van der Waals surface area contributed by atoms with E-state index < -0.39 is 0 Å². The van der Waals surface area contributed by atoms with Gasteiger partial charge in [-0.05, 0) is 44.2 Å². The molecule has 0 fully saturated rings. The molecule has 0 radical (unpaired) electrons. The molecule has 0 aliphatic carbocycles. The third-order valence-corrected chi connectivity index (χ3v) is 2.81. The van der Waals surface area contributed by atoms with Crippen LogP contribution in [0.3, 0.4) is 0 Å². The minimum Gasteiger partial charge on any atom is -0.504 e. The Balaban J connectivity index is 1.99. The Morgan fingerprint density at radius 2 is 1.75 bits per heavy atom. The molecule has 0 amide bonds. The molecule has 0 unspecified atom stereocenters. The predicted molar refractivity (Wildman–Crippen MR) is 79.3 cm³/mol. The molecule has 0 aliphatic heterocycles. The summed E-state index contributed by atoms with van der Waals surface area (Å²) < 4.78 is 5.57. The van der Waals surface area contributed by atoms with Gasteiger partial charge in [-0.2, -0.15) is 0 Å². The van der Waals surface area contributed by atoms with Crippen LogP contribution < -0.4 is 10.1 Å². The molecular formula is C16H19NO3. The van der Waals surface area contributed by atoms with E-state index in [1.165, 1.54) is 6.07 Å². The maximum Gasteiger partial charge on any atom is 0.162 e. The standard InChI is InChI=1S/C16H19NO3/c1-11(2)20-14-8-6-13(7-9-14)17-10-12-4-3-5-15(18)16(12)19/h3-9,11,17-19H,10H2,1-2H3. The van der Waals surface area contributed by atoms with Gasteiger partial charge in [0.15, 0.2) is 11.5 Å². The Morgan fingerprint density at radius 3 is 2.40 bits per heavy atom. The second-order valence-corrected chi connectivity index (χ2v) is 4.83. The summed E-state index contributed by atoms with van der Waals surface area (Å²) in [4.78, 5) is 0. The number of benzene rings is 2. The Labute approximate surface area is 118 Å². The summed E-state index contributed by atoms with van der Waals surface area (Å²) in [7, 11) is 0. The molecule has 0 aliphatic rings. The van der Waals surface area contributed by atoms with Crippen molar-refractivity contribution in [1.29, 1.82) is 0 Å². The number of nitrogens with one attached hydrogen (secondary N) is 1. The molecule has 0 aromatic heterocycles. The van der Waals surface area contributed by atoms with E-state index in [4.69, 9.17) is 4.74 Å². The summed E-state index contributed by atoms with van der Waals surface area (Å²) in [5.74, 6) is 0.635. The van der Waals surface area contributed by atoms with Crippen molar-refractivity contribution in [2.24, 2.45) is 0 Å². The number of hydrogen-bond acceptors (Lipinski definition) is 4. The van der Waals surface area contributed by atoms with Crippen LogP contribution in [0.15, 0.2) is 42.5 Å². The van der Waals surface area contributed by atoms with Crippen LogP contribution in [0.4, 0.5) is 5.69 Å². The van der Waals surface area contributed by atoms with Crippen molar-refractivity contribution in [3.05, 3.63) is 48.0 Å². The highest BCUT2D eigenvalue weighted by molar-refractivity contribution is 5.50. The molecule has 2 aromatic rings. The quantitative estimate of drug-likeness (QED) is 0.730.